The lowest BCUT2D eigenvalue weighted by molar-refractivity contribution is 0.0551. The van der Waals surface area contributed by atoms with E-state index in [0.717, 1.165) is 32.4 Å². The molecule has 0 amide bonds. The Bertz CT molecular complexity index is 690. The minimum atomic E-state index is -0.596. The fourth-order valence-electron chi connectivity index (χ4n) is 3.45. The van der Waals surface area contributed by atoms with Crippen LogP contribution < -0.4 is 4.74 Å². The van der Waals surface area contributed by atoms with E-state index in [4.69, 9.17) is 16.3 Å². The molecule has 0 aromatic heterocycles. The number of hydrogen-bond acceptors (Lipinski definition) is 3. The van der Waals surface area contributed by atoms with Gasteiger partial charge in [0.25, 0.3) is 0 Å². The summed E-state index contributed by atoms with van der Waals surface area (Å²) in [5, 5.41) is 10.4. The minimum Gasteiger partial charge on any atom is -0.489 e. The van der Waals surface area contributed by atoms with Gasteiger partial charge < -0.3 is 14.7 Å². The molecule has 0 bridgehead atoms. The number of halogens is 2. The lowest BCUT2D eigenvalue weighted by atomic mass is 9.90. The summed E-state index contributed by atoms with van der Waals surface area (Å²) in [6.07, 6.45) is 2.82. The van der Waals surface area contributed by atoms with Gasteiger partial charge in [-0.25, -0.2) is 4.39 Å². The average molecular weight is 378 g/mol. The predicted molar refractivity (Wildman–Crippen MR) is 102 cm³/mol. The molecular weight excluding hydrogens is 353 g/mol. The van der Waals surface area contributed by atoms with E-state index in [1.165, 1.54) is 23.8 Å². The van der Waals surface area contributed by atoms with Crippen LogP contribution in [0.5, 0.6) is 5.75 Å². The van der Waals surface area contributed by atoms with E-state index in [2.05, 4.69) is 35.2 Å². The Balaban J connectivity index is 1.38. The van der Waals surface area contributed by atoms with Gasteiger partial charge in [-0.1, -0.05) is 41.9 Å². The molecule has 140 valence electrons. The number of aliphatic hydroxyl groups is 1. The molecule has 1 fully saturated rings. The van der Waals surface area contributed by atoms with Gasteiger partial charge in [0.15, 0.2) is 0 Å². The fourth-order valence-corrected chi connectivity index (χ4v) is 3.67. The Hall–Kier alpha value is -1.62. The van der Waals surface area contributed by atoms with Crippen LogP contribution in [-0.2, 0) is 6.42 Å². The number of nitrogens with zero attached hydrogens (tertiary/aromatic N) is 1. The summed E-state index contributed by atoms with van der Waals surface area (Å²) >= 11 is 5.93. The van der Waals surface area contributed by atoms with Crippen molar-refractivity contribution in [2.24, 2.45) is 5.92 Å². The van der Waals surface area contributed by atoms with Crippen molar-refractivity contribution in [2.45, 2.75) is 25.4 Å². The molecule has 3 rings (SSSR count). The second-order valence-corrected chi connectivity index (χ2v) is 7.38. The quantitative estimate of drug-likeness (QED) is 0.785. The van der Waals surface area contributed by atoms with Crippen molar-refractivity contribution >= 4 is 11.6 Å². The number of hydrogen-bond donors (Lipinski definition) is 1. The highest BCUT2D eigenvalue weighted by molar-refractivity contribution is 6.32. The maximum Gasteiger partial charge on any atom is 0.138 e. The molecule has 0 unspecified atom stereocenters. The zero-order valence-corrected chi connectivity index (χ0v) is 15.5. The third-order valence-corrected chi connectivity index (χ3v) is 5.16. The highest BCUT2D eigenvalue weighted by Gasteiger charge is 2.21. The van der Waals surface area contributed by atoms with Gasteiger partial charge in [0.2, 0.25) is 0 Å². The highest BCUT2D eigenvalue weighted by atomic mass is 35.5. The first-order valence-electron chi connectivity index (χ1n) is 9.12. The van der Waals surface area contributed by atoms with E-state index in [9.17, 15) is 9.50 Å². The van der Waals surface area contributed by atoms with Crippen molar-refractivity contribution < 1.29 is 14.2 Å². The number of piperidine rings is 1. The summed E-state index contributed by atoms with van der Waals surface area (Å²) in [5.74, 6) is 0.704. The lowest BCUT2D eigenvalue weighted by Gasteiger charge is -2.33. The molecule has 1 aliphatic heterocycles. The molecule has 2 aromatic carbocycles. The molecule has 0 radical (unpaired) electrons. The maximum absolute atomic E-state index is 13.0. The normalized spacial score (nSPS) is 17.2. The second-order valence-electron chi connectivity index (χ2n) is 6.97. The van der Waals surface area contributed by atoms with Gasteiger partial charge in [0.05, 0.1) is 5.02 Å². The van der Waals surface area contributed by atoms with Crippen LogP contribution in [0.4, 0.5) is 4.39 Å². The Morgan fingerprint density at radius 3 is 2.58 bits per heavy atom. The minimum absolute atomic E-state index is 0.148. The van der Waals surface area contributed by atoms with E-state index in [0.29, 0.717) is 18.2 Å². The molecule has 1 heterocycles. The molecule has 1 atom stereocenters. The van der Waals surface area contributed by atoms with Crippen LogP contribution in [0, 0.1) is 11.7 Å². The van der Waals surface area contributed by atoms with Gasteiger partial charge in [0, 0.05) is 6.54 Å². The van der Waals surface area contributed by atoms with E-state index in [1.807, 2.05) is 0 Å². The number of likely N-dealkylation sites (tertiary alicyclic amines) is 1. The maximum atomic E-state index is 13.0. The third kappa shape index (κ3) is 5.70. The summed E-state index contributed by atoms with van der Waals surface area (Å²) in [5.41, 5.74) is 1.40. The molecule has 1 saturated heterocycles. The Labute approximate surface area is 159 Å². The predicted octanol–water partition coefficient (Wildman–Crippen LogP) is 4.17. The van der Waals surface area contributed by atoms with Crippen LogP contribution in [0.25, 0.3) is 0 Å². The first kappa shape index (κ1) is 19.2. The van der Waals surface area contributed by atoms with Crippen LogP contribution in [-0.4, -0.2) is 42.4 Å². The molecule has 3 nitrogen and oxygen atoms in total. The second kappa shape index (κ2) is 9.36. The summed E-state index contributed by atoms with van der Waals surface area (Å²) in [4.78, 5) is 2.28. The number of rotatable bonds is 7. The zero-order chi connectivity index (χ0) is 18.4. The summed E-state index contributed by atoms with van der Waals surface area (Å²) in [6, 6.07) is 14.6. The molecule has 1 aliphatic rings. The molecule has 0 saturated carbocycles. The van der Waals surface area contributed by atoms with Gasteiger partial charge in [-0.05, 0) is 62.0 Å². The van der Waals surface area contributed by atoms with Gasteiger partial charge >= 0.3 is 0 Å². The average Bonchev–Trinajstić information content (AvgIpc) is 2.63. The summed E-state index contributed by atoms with van der Waals surface area (Å²) in [6.45, 7) is 2.71. The van der Waals surface area contributed by atoms with Crippen molar-refractivity contribution in [1.29, 1.82) is 0 Å². The SMILES string of the molecule is O[C@H](COc1ccc(F)cc1Cl)CN1CCC(Cc2ccccc2)CC1. The smallest absolute Gasteiger partial charge is 0.138 e. The first-order valence-corrected chi connectivity index (χ1v) is 9.50. The monoisotopic (exact) mass is 377 g/mol. The van der Waals surface area contributed by atoms with Crippen LogP contribution in [0.1, 0.15) is 18.4 Å². The standard InChI is InChI=1S/C21H25ClFNO2/c22-20-13-18(23)6-7-21(20)26-15-19(25)14-24-10-8-17(9-11-24)12-16-4-2-1-3-5-16/h1-7,13,17,19,25H,8-12,14-15H2/t19-/m0/s1. The van der Waals surface area contributed by atoms with Crippen molar-refractivity contribution in [1.82, 2.24) is 4.90 Å². The number of aliphatic hydroxyl groups excluding tert-OH is 1. The van der Waals surface area contributed by atoms with Gasteiger partial charge in [-0.15, -0.1) is 0 Å². The van der Waals surface area contributed by atoms with Crippen LogP contribution in [0.3, 0.4) is 0 Å². The number of ether oxygens (including phenoxy) is 1. The van der Waals surface area contributed by atoms with Crippen LogP contribution in [0.2, 0.25) is 5.02 Å². The molecular formula is C21H25ClFNO2. The van der Waals surface area contributed by atoms with Crippen molar-refractivity contribution in [3.05, 3.63) is 64.9 Å². The van der Waals surface area contributed by atoms with Crippen molar-refractivity contribution in [3.8, 4) is 5.75 Å². The molecule has 0 aliphatic carbocycles. The van der Waals surface area contributed by atoms with Crippen LogP contribution >= 0.6 is 11.6 Å². The fraction of sp³-hybridized carbons (Fsp3) is 0.429. The van der Waals surface area contributed by atoms with Crippen LogP contribution in [0.15, 0.2) is 48.5 Å². The summed E-state index contributed by atoms with van der Waals surface area (Å²) in [7, 11) is 0. The lowest BCUT2D eigenvalue weighted by Crippen LogP contribution is -2.41. The first-order chi connectivity index (χ1) is 12.6. The molecule has 26 heavy (non-hydrogen) atoms. The molecule has 0 spiro atoms. The topological polar surface area (TPSA) is 32.7 Å². The number of β-amino-alcohol motifs (C(OH)–C–C–N with tert-alkyl or cyclic N) is 1. The van der Waals surface area contributed by atoms with Crippen molar-refractivity contribution in [2.75, 3.05) is 26.2 Å². The molecule has 5 heteroatoms. The third-order valence-electron chi connectivity index (χ3n) is 4.87. The van der Waals surface area contributed by atoms with E-state index in [1.54, 1.807) is 0 Å². The van der Waals surface area contributed by atoms with E-state index < -0.39 is 11.9 Å². The van der Waals surface area contributed by atoms with E-state index >= 15 is 0 Å². The Morgan fingerprint density at radius 1 is 1.15 bits per heavy atom. The Morgan fingerprint density at radius 2 is 1.88 bits per heavy atom. The number of benzene rings is 2. The zero-order valence-electron chi connectivity index (χ0n) is 14.8. The van der Waals surface area contributed by atoms with Gasteiger partial charge in [-0.2, -0.15) is 0 Å². The largest absolute Gasteiger partial charge is 0.489 e. The van der Waals surface area contributed by atoms with Gasteiger partial charge in [0.1, 0.15) is 24.3 Å². The van der Waals surface area contributed by atoms with Gasteiger partial charge in [-0.3, -0.25) is 0 Å². The Kier molecular flexibility index (Phi) is 6.89. The summed E-state index contributed by atoms with van der Waals surface area (Å²) < 4.78 is 18.5. The van der Waals surface area contributed by atoms with Crippen molar-refractivity contribution in [3.63, 3.8) is 0 Å². The van der Waals surface area contributed by atoms with E-state index in [-0.39, 0.29) is 11.6 Å². The molecule has 1 N–H and O–H groups in total. The highest BCUT2D eigenvalue weighted by Crippen LogP contribution is 2.25. The molecule has 2 aromatic rings.